The van der Waals surface area contributed by atoms with Crippen LogP contribution < -0.4 is 19.7 Å². The summed E-state index contributed by atoms with van der Waals surface area (Å²) in [6.07, 6.45) is 1.31. The molecule has 0 aliphatic carbocycles. The maximum Gasteiger partial charge on any atom is 0.335 e. The number of nitrogens with one attached hydrogen (secondary N) is 1. The SMILES string of the molecule is COc1c(Cl)cc(/C=C2\C(=O)NC(=O)N(c3ccc(OCc4ccccc4)cc3)C2=O)cc1Cl. The van der Waals surface area contributed by atoms with Crippen molar-refractivity contribution in [3.05, 3.63) is 93.5 Å². The summed E-state index contributed by atoms with van der Waals surface area (Å²) in [5.74, 6) is -0.769. The second kappa shape index (κ2) is 9.99. The Morgan fingerprint density at radius 3 is 2.21 bits per heavy atom. The van der Waals surface area contributed by atoms with E-state index in [4.69, 9.17) is 32.7 Å². The Balaban J connectivity index is 1.56. The molecule has 0 unspecified atom stereocenters. The molecular formula is C25H18Cl2N2O5. The van der Waals surface area contributed by atoms with Crippen LogP contribution in [-0.2, 0) is 16.2 Å². The van der Waals surface area contributed by atoms with Gasteiger partial charge in [-0.25, -0.2) is 9.69 Å². The highest BCUT2D eigenvalue weighted by molar-refractivity contribution is 6.40. The normalized spacial score (nSPS) is 14.9. The molecule has 1 aliphatic heterocycles. The van der Waals surface area contributed by atoms with Crippen molar-refractivity contribution in [3.63, 3.8) is 0 Å². The van der Waals surface area contributed by atoms with E-state index in [2.05, 4.69) is 5.32 Å². The Bertz CT molecular complexity index is 1270. The van der Waals surface area contributed by atoms with Crippen LogP contribution in [0.3, 0.4) is 0 Å². The number of nitrogens with zero attached hydrogens (tertiary/aromatic N) is 1. The fourth-order valence-electron chi connectivity index (χ4n) is 3.35. The van der Waals surface area contributed by atoms with Crippen molar-refractivity contribution in [2.24, 2.45) is 0 Å². The van der Waals surface area contributed by atoms with Crippen molar-refractivity contribution >= 4 is 52.8 Å². The van der Waals surface area contributed by atoms with E-state index in [1.165, 1.54) is 25.3 Å². The van der Waals surface area contributed by atoms with E-state index < -0.39 is 17.8 Å². The third-order valence-corrected chi connectivity index (χ3v) is 5.54. The highest BCUT2D eigenvalue weighted by Crippen LogP contribution is 2.35. The van der Waals surface area contributed by atoms with Gasteiger partial charge in [0.15, 0.2) is 5.75 Å². The van der Waals surface area contributed by atoms with Gasteiger partial charge in [0.05, 0.1) is 22.8 Å². The predicted octanol–water partition coefficient (Wildman–Crippen LogP) is 5.25. The first-order valence-corrected chi connectivity index (χ1v) is 10.8. The quantitative estimate of drug-likeness (QED) is 0.372. The molecule has 34 heavy (non-hydrogen) atoms. The van der Waals surface area contributed by atoms with E-state index in [9.17, 15) is 14.4 Å². The van der Waals surface area contributed by atoms with Crippen molar-refractivity contribution in [1.82, 2.24) is 5.32 Å². The Morgan fingerprint density at radius 1 is 0.941 bits per heavy atom. The number of carbonyl (C=O) groups excluding carboxylic acids is 3. The monoisotopic (exact) mass is 496 g/mol. The van der Waals surface area contributed by atoms with Crippen LogP contribution in [0.1, 0.15) is 11.1 Å². The van der Waals surface area contributed by atoms with Gasteiger partial charge in [0.2, 0.25) is 0 Å². The number of urea groups is 1. The number of hydrogen-bond donors (Lipinski definition) is 1. The minimum Gasteiger partial charge on any atom is -0.494 e. The minimum atomic E-state index is -0.851. The molecule has 3 aromatic rings. The number of anilines is 1. The van der Waals surface area contributed by atoms with Crippen LogP contribution in [-0.4, -0.2) is 25.0 Å². The van der Waals surface area contributed by atoms with Crippen LogP contribution in [0.2, 0.25) is 10.0 Å². The van der Waals surface area contributed by atoms with E-state index in [0.29, 0.717) is 17.9 Å². The van der Waals surface area contributed by atoms with Crippen LogP contribution >= 0.6 is 23.2 Å². The van der Waals surface area contributed by atoms with E-state index in [0.717, 1.165) is 10.5 Å². The summed E-state index contributed by atoms with van der Waals surface area (Å²) in [4.78, 5) is 38.8. The third kappa shape index (κ3) is 4.90. The number of barbiturate groups is 1. The molecule has 0 spiro atoms. The Kier molecular flexibility index (Phi) is 6.86. The Labute approximate surface area is 205 Å². The molecule has 0 radical (unpaired) electrons. The summed E-state index contributed by atoms with van der Waals surface area (Å²) in [6, 6.07) is 18.2. The van der Waals surface area contributed by atoms with Crippen LogP contribution in [0.5, 0.6) is 11.5 Å². The lowest BCUT2D eigenvalue weighted by atomic mass is 10.1. The van der Waals surface area contributed by atoms with Gasteiger partial charge in [-0.05, 0) is 53.6 Å². The second-order valence-corrected chi connectivity index (χ2v) is 8.06. The van der Waals surface area contributed by atoms with Crippen molar-refractivity contribution in [2.45, 2.75) is 6.61 Å². The summed E-state index contributed by atoms with van der Waals surface area (Å²) in [5, 5.41) is 2.60. The van der Waals surface area contributed by atoms with E-state index in [1.54, 1.807) is 24.3 Å². The van der Waals surface area contributed by atoms with Gasteiger partial charge >= 0.3 is 6.03 Å². The lowest BCUT2D eigenvalue weighted by Crippen LogP contribution is -2.54. The molecule has 1 aliphatic rings. The first kappa shape index (κ1) is 23.4. The lowest BCUT2D eigenvalue weighted by Gasteiger charge is -2.26. The number of imide groups is 2. The maximum absolute atomic E-state index is 13.1. The van der Waals surface area contributed by atoms with Crippen molar-refractivity contribution in [3.8, 4) is 11.5 Å². The van der Waals surface area contributed by atoms with Crippen LogP contribution in [0, 0.1) is 0 Å². The van der Waals surface area contributed by atoms with E-state index in [-0.39, 0.29) is 27.1 Å². The van der Waals surface area contributed by atoms with Gasteiger partial charge in [-0.15, -0.1) is 0 Å². The molecule has 0 saturated carbocycles. The van der Waals surface area contributed by atoms with Crippen molar-refractivity contribution in [2.75, 3.05) is 12.0 Å². The highest BCUT2D eigenvalue weighted by Gasteiger charge is 2.36. The fraction of sp³-hybridized carbons (Fsp3) is 0.0800. The van der Waals surface area contributed by atoms with E-state index >= 15 is 0 Å². The number of benzene rings is 3. The Hall–Kier alpha value is -3.81. The second-order valence-electron chi connectivity index (χ2n) is 7.24. The molecule has 0 bridgehead atoms. The minimum absolute atomic E-state index is 0.213. The van der Waals surface area contributed by atoms with Gasteiger partial charge in [0.25, 0.3) is 11.8 Å². The molecule has 3 aromatic carbocycles. The first-order chi connectivity index (χ1) is 16.4. The zero-order valence-corrected chi connectivity index (χ0v) is 19.4. The summed E-state index contributed by atoms with van der Waals surface area (Å²) in [7, 11) is 1.42. The number of hydrogen-bond acceptors (Lipinski definition) is 5. The van der Waals surface area contributed by atoms with Crippen LogP contribution in [0.4, 0.5) is 10.5 Å². The lowest BCUT2D eigenvalue weighted by molar-refractivity contribution is -0.122. The number of carbonyl (C=O) groups is 3. The maximum atomic E-state index is 13.1. The van der Waals surface area contributed by atoms with E-state index in [1.807, 2.05) is 30.3 Å². The topological polar surface area (TPSA) is 84.9 Å². The average molecular weight is 497 g/mol. The molecule has 7 nitrogen and oxygen atoms in total. The molecule has 4 amide bonds. The summed E-state index contributed by atoms with van der Waals surface area (Å²) < 4.78 is 10.9. The smallest absolute Gasteiger partial charge is 0.335 e. The number of ether oxygens (including phenoxy) is 2. The number of halogens is 2. The van der Waals surface area contributed by atoms with Crippen molar-refractivity contribution < 1.29 is 23.9 Å². The molecule has 1 saturated heterocycles. The van der Waals surface area contributed by atoms with Crippen LogP contribution in [0.15, 0.2) is 72.3 Å². The standard InChI is InChI=1S/C25H18Cl2N2O5/c1-33-22-20(26)12-16(13-21(22)27)11-19-23(30)28-25(32)29(24(19)31)17-7-9-18(10-8-17)34-14-15-5-3-2-4-6-15/h2-13H,14H2,1H3,(H,28,30,32)/b19-11+. The zero-order chi connectivity index (χ0) is 24.2. The third-order valence-electron chi connectivity index (χ3n) is 4.98. The molecular weight excluding hydrogens is 479 g/mol. The van der Waals surface area contributed by atoms with Gasteiger partial charge in [-0.2, -0.15) is 0 Å². The zero-order valence-electron chi connectivity index (χ0n) is 17.9. The Morgan fingerprint density at radius 2 is 1.59 bits per heavy atom. The number of methoxy groups -OCH3 is 1. The van der Waals surface area contributed by atoms with Gasteiger partial charge in [-0.1, -0.05) is 53.5 Å². The van der Waals surface area contributed by atoms with Gasteiger partial charge < -0.3 is 9.47 Å². The molecule has 9 heteroatoms. The number of amides is 4. The molecule has 4 rings (SSSR count). The predicted molar refractivity (Wildman–Crippen MR) is 129 cm³/mol. The van der Waals surface area contributed by atoms with Gasteiger partial charge in [0.1, 0.15) is 17.9 Å². The molecule has 1 heterocycles. The highest BCUT2D eigenvalue weighted by atomic mass is 35.5. The first-order valence-electron chi connectivity index (χ1n) is 10.1. The molecule has 0 atom stereocenters. The fourth-order valence-corrected chi connectivity index (χ4v) is 4.01. The summed E-state index contributed by atoms with van der Waals surface area (Å²) in [6.45, 7) is 0.373. The summed E-state index contributed by atoms with van der Waals surface area (Å²) in [5.41, 5.74) is 1.43. The summed E-state index contributed by atoms with van der Waals surface area (Å²) >= 11 is 12.3. The molecule has 1 N–H and O–H groups in total. The molecule has 0 aromatic heterocycles. The molecule has 1 fully saturated rings. The number of rotatable bonds is 6. The van der Waals surface area contributed by atoms with Crippen LogP contribution in [0.25, 0.3) is 6.08 Å². The van der Waals surface area contributed by atoms with Gasteiger partial charge in [-0.3, -0.25) is 14.9 Å². The largest absolute Gasteiger partial charge is 0.494 e. The average Bonchev–Trinajstić information content (AvgIpc) is 2.82. The molecule has 172 valence electrons. The van der Waals surface area contributed by atoms with Gasteiger partial charge in [0, 0.05) is 0 Å². The van der Waals surface area contributed by atoms with Crippen molar-refractivity contribution in [1.29, 1.82) is 0 Å².